The number of hydrogen-bond acceptors (Lipinski definition) is 3. The standard InChI is InChI=1S/C14H14N2OS/c1-9-13(11-4-2-3-5-12(11)15-9)14-16-10(6-7-17)8-18-14/h2-5,8,15,17H,6-7H2,1H3. The molecule has 0 amide bonds. The van der Waals surface area contributed by atoms with E-state index in [1.807, 2.05) is 17.5 Å². The number of aliphatic hydroxyl groups excluding tert-OH is 1. The van der Waals surface area contributed by atoms with E-state index in [1.54, 1.807) is 11.3 Å². The van der Waals surface area contributed by atoms with Crippen LogP contribution in [-0.4, -0.2) is 21.7 Å². The zero-order chi connectivity index (χ0) is 12.5. The molecule has 3 rings (SSSR count). The van der Waals surface area contributed by atoms with Crippen molar-refractivity contribution >= 4 is 22.2 Å². The van der Waals surface area contributed by atoms with Crippen LogP contribution < -0.4 is 0 Å². The van der Waals surface area contributed by atoms with Crippen molar-refractivity contribution in [3.05, 3.63) is 41.0 Å². The number of para-hydroxylation sites is 1. The van der Waals surface area contributed by atoms with Gasteiger partial charge in [0, 0.05) is 40.6 Å². The van der Waals surface area contributed by atoms with Crippen molar-refractivity contribution in [3.8, 4) is 10.6 Å². The van der Waals surface area contributed by atoms with Crippen molar-refractivity contribution < 1.29 is 5.11 Å². The predicted molar refractivity (Wildman–Crippen MR) is 74.9 cm³/mol. The molecule has 0 saturated carbocycles. The number of hydrogen-bond donors (Lipinski definition) is 2. The van der Waals surface area contributed by atoms with Gasteiger partial charge in [0.05, 0.1) is 5.69 Å². The molecule has 2 N–H and O–H groups in total. The summed E-state index contributed by atoms with van der Waals surface area (Å²) in [4.78, 5) is 7.98. The molecule has 0 atom stereocenters. The Morgan fingerprint density at radius 1 is 1.33 bits per heavy atom. The summed E-state index contributed by atoms with van der Waals surface area (Å²) in [6.07, 6.45) is 0.623. The highest BCUT2D eigenvalue weighted by atomic mass is 32.1. The van der Waals surface area contributed by atoms with E-state index in [4.69, 9.17) is 5.11 Å². The number of fused-ring (bicyclic) bond motifs is 1. The molecule has 0 aliphatic carbocycles. The van der Waals surface area contributed by atoms with Gasteiger partial charge in [0.25, 0.3) is 0 Å². The third-order valence-electron chi connectivity index (χ3n) is 3.03. The lowest BCUT2D eigenvalue weighted by Crippen LogP contribution is -1.90. The van der Waals surface area contributed by atoms with Gasteiger partial charge in [-0.3, -0.25) is 0 Å². The number of thiazole rings is 1. The van der Waals surface area contributed by atoms with Gasteiger partial charge in [-0.1, -0.05) is 18.2 Å². The average Bonchev–Trinajstić information content (AvgIpc) is 2.92. The molecule has 2 aromatic heterocycles. The molecule has 0 fully saturated rings. The van der Waals surface area contributed by atoms with Crippen LogP contribution in [0.2, 0.25) is 0 Å². The van der Waals surface area contributed by atoms with Gasteiger partial charge in [0.2, 0.25) is 0 Å². The van der Waals surface area contributed by atoms with Crippen molar-refractivity contribution in [1.29, 1.82) is 0 Å². The first kappa shape index (κ1) is 11.4. The minimum Gasteiger partial charge on any atom is -0.396 e. The van der Waals surface area contributed by atoms with E-state index in [0.29, 0.717) is 6.42 Å². The number of aromatic nitrogens is 2. The fourth-order valence-electron chi connectivity index (χ4n) is 2.20. The molecule has 0 spiro atoms. The Balaban J connectivity index is 2.15. The second-order valence-electron chi connectivity index (χ2n) is 4.29. The maximum atomic E-state index is 8.94. The maximum Gasteiger partial charge on any atom is 0.126 e. The van der Waals surface area contributed by atoms with Crippen molar-refractivity contribution in [2.75, 3.05) is 6.61 Å². The Morgan fingerprint density at radius 2 is 2.17 bits per heavy atom. The molecular weight excluding hydrogens is 244 g/mol. The topological polar surface area (TPSA) is 48.9 Å². The van der Waals surface area contributed by atoms with E-state index >= 15 is 0 Å². The lowest BCUT2D eigenvalue weighted by Gasteiger charge is -1.96. The minimum absolute atomic E-state index is 0.149. The molecule has 0 aliphatic heterocycles. The van der Waals surface area contributed by atoms with Crippen molar-refractivity contribution in [2.24, 2.45) is 0 Å². The molecular formula is C14H14N2OS. The molecule has 1 aromatic carbocycles. The van der Waals surface area contributed by atoms with E-state index in [2.05, 4.69) is 29.0 Å². The number of benzene rings is 1. The van der Waals surface area contributed by atoms with Gasteiger partial charge in [0.1, 0.15) is 5.01 Å². The van der Waals surface area contributed by atoms with Crippen LogP contribution in [0.25, 0.3) is 21.5 Å². The van der Waals surface area contributed by atoms with Crippen molar-refractivity contribution in [2.45, 2.75) is 13.3 Å². The molecule has 92 valence electrons. The van der Waals surface area contributed by atoms with Crippen LogP contribution in [-0.2, 0) is 6.42 Å². The Kier molecular flexibility index (Phi) is 2.89. The van der Waals surface area contributed by atoms with E-state index in [1.165, 1.54) is 10.9 Å². The fraction of sp³-hybridized carbons (Fsp3) is 0.214. The highest BCUT2D eigenvalue weighted by Crippen LogP contribution is 2.33. The van der Waals surface area contributed by atoms with Crippen LogP contribution in [0.4, 0.5) is 0 Å². The number of nitrogens with one attached hydrogen (secondary N) is 1. The van der Waals surface area contributed by atoms with Crippen LogP contribution in [0.1, 0.15) is 11.4 Å². The normalized spacial score (nSPS) is 11.2. The maximum absolute atomic E-state index is 8.94. The van der Waals surface area contributed by atoms with Crippen LogP contribution in [0.3, 0.4) is 0 Å². The molecule has 18 heavy (non-hydrogen) atoms. The average molecular weight is 258 g/mol. The monoisotopic (exact) mass is 258 g/mol. The minimum atomic E-state index is 0.149. The Morgan fingerprint density at radius 3 is 3.00 bits per heavy atom. The Labute approximate surface area is 109 Å². The van der Waals surface area contributed by atoms with Gasteiger partial charge in [-0.05, 0) is 13.0 Å². The lowest BCUT2D eigenvalue weighted by molar-refractivity contribution is 0.298. The summed E-state index contributed by atoms with van der Waals surface area (Å²) in [7, 11) is 0. The molecule has 4 heteroatoms. The summed E-state index contributed by atoms with van der Waals surface area (Å²) < 4.78 is 0. The molecule has 0 saturated heterocycles. The summed E-state index contributed by atoms with van der Waals surface area (Å²) >= 11 is 1.63. The van der Waals surface area contributed by atoms with Crippen molar-refractivity contribution in [1.82, 2.24) is 9.97 Å². The fourth-order valence-corrected chi connectivity index (χ4v) is 3.17. The molecule has 0 unspecified atom stereocenters. The van der Waals surface area contributed by atoms with E-state index < -0.39 is 0 Å². The first-order valence-corrected chi connectivity index (χ1v) is 6.80. The zero-order valence-electron chi connectivity index (χ0n) is 10.1. The Hall–Kier alpha value is -1.65. The van der Waals surface area contributed by atoms with E-state index in [-0.39, 0.29) is 6.61 Å². The summed E-state index contributed by atoms with van der Waals surface area (Å²) in [5.41, 5.74) is 4.42. The molecule has 3 nitrogen and oxygen atoms in total. The third-order valence-corrected chi connectivity index (χ3v) is 3.94. The first-order chi connectivity index (χ1) is 8.79. The van der Waals surface area contributed by atoms with Gasteiger partial charge in [-0.25, -0.2) is 4.98 Å². The number of aryl methyl sites for hydroxylation is 1. The number of aliphatic hydroxyl groups is 1. The van der Waals surface area contributed by atoms with Crippen LogP contribution in [0.15, 0.2) is 29.6 Å². The predicted octanol–water partition coefficient (Wildman–Crippen LogP) is 3.13. The molecule has 0 radical (unpaired) electrons. The van der Waals surface area contributed by atoms with E-state index in [0.717, 1.165) is 21.9 Å². The van der Waals surface area contributed by atoms with Crippen LogP contribution >= 0.6 is 11.3 Å². The summed E-state index contributed by atoms with van der Waals surface area (Å²) in [5, 5.41) is 13.2. The highest BCUT2D eigenvalue weighted by molar-refractivity contribution is 7.13. The summed E-state index contributed by atoms with van der Waals surface area (Å²) in [6, 6.07) is 8.26. The highest BCUT2D eigenvalue weighted by Gasteiger charge is 2.13. The van der Waals surface area contributed by atoms with Gasteiger partial charge < -0.3 is 10.1 Å². The summed E-state index contributed by atoms with van der Waals surface area (Å²) in [6.45, 7) is 2.22. The molecule has 2 heterocycles. The first-order valence-electron chi connectivity index (χ1n) is 5.92. The second kappa shape index (κ2) is 4.55. The largest absolute Gasteiger partial charge is 0.396 e. The molecule has 3 aromatic rings. The molecule has 0 bridgehead atoms. The Bertz CT molecular complexity index is 684. The number of aromatic amines is 1. The third kappa shape index (κ3) is 1.83. The zero-order valence-corrected chi connectivity index (χ0v) is 10.9. The molecule has 0 aliphatic rings. The smallest absolute Gasteiger partial charge is 0.126 e. The van der Waals surface area contributed by atoms with Gasteiger partial charge >= 0.3 is 0 Å². The van der Waals surface area contributed by atoms with Gasteiger partial charge in [-0.15, -0.1) is 11.3 Å². The van der Waals surface area contributed by atoms with Crippen molar-refractivity contribution in [3.63, 3.8) is 0 Å². The van der Waals surface area contributed by atoms with E-state index in [9.17, 15) is 0 Å². The quantitative estimate of drug-likeness (QED) is 0.758. The van der Waals surface area contributed by atoms with Crippen LogP contribution in [0, 0.1) is 6.92 Å². The number of nitrogens with zero attached hydrogens (tertiary/aromatic N) is 1. The number of H-pyrrole nitrogens is 1. The SMILES string of the molecule is Cc1[nH]c2ccccc2c1-c1nc(CCO)cs1. The number of rotatable bonds is 3. The lowest BCUT2D eigenvalue weighted by atomic mass is 10.1. The van der Waals surface area contributed by atoms with Crippen LogP contribution in [0.5, 0.6) is 0 Å². The second-order valence-corrected chi connectivity index (χ2v) is 5.15. The van der Waals surface area contributed by atoms with Gasteiger partial charge in [-0.2, -0.15) is 0 Å². The van der Waals surface area contributed by atoms with Gasteiger partial charge in [0.15, 0.2) is 0 Å². The summed E-state index contributed by atoms with van der Waals surface area (Å²) in [5.74, 6) is 0.